The first-order valence-electron chi connectivity index (χ1n) is 13.1. The molecule has 0 saturated heterocycles. The second-order valence-electron chi connectivity index (χ2n) is 8.90. The van der Waals surface area contributed by atoms with E-state index < -0.39 is 6.09 Å². The molecule has 202 valence electrons. The molecule has 9 nitrogen and oxygen atoms in total. The van der Waals surface area contributed by atoms with E-state index in [2.05, 4.69) is 58.6 Å². The van der Waals surface area contributed by atoms with Gasteiger partial charge in [-0.25, -0.2) is 14.8 Å². The van der Waals surface area contributed by atoms with E-state index in [9.17, 15) is 4.79 Å². The van der Waals surface area contributed by atoms with Crippen molar-refractivity contribution in [1.82, 2.24) is 9.97 Å². The summed E-state index contributed by atoms with van der Waals surface area (Å²) in [7, 11) is 1.58. The van der Waals surface area contributed by atoms with Crippen molar-refractivity contribution in [2.75, 3.05) is 42.4 Å². The molecule has 0 atom stereocenters. The van der Waals surface area contributed by atoms with Gasteiger partial charge in [-0.15, -0.1) is 0 Å². The molecule has 0 saturated carbocycles. The minimum Gasteiger partial charge on any atom is -0.497 e. The predicted molar refractivity (Wildman–Crippen MR) is 154 cm³/mol. The Morgan fingerprint density at radius 1 is 1.05 bits per heavy atom. The Labute approximate surface area is 225 Å². The quantitative estimate of drug-likeness (QED) is 0.152. The monoisotopic (exact) mass is 518 g/mol. The van der Waals surface area contributed by atoms with Gasteiger partial charge in [0.1, 0.15) is 17.4 Å². The first kappa shape index (κ1) is 28.4. The van der Waals surface area contributed by atoms with Crippen LogP contribution in [0.15, 0.2) is 59.7 Å². The van der Waals surface area contributed by atoms with Gasteiger partial charge in [0.25, 0.3) is 0 Å². The normalized spacial score (nSPS) is 10.8. The molecule has 0 spiro atoms. The largest absolute Gasteiger partial charge is 0.497 e. The minimum absolute atomic E-state index is 0.241. The van der Waals surface area contributed by atoms with E-state index in [0.29, 0.717) is 35.9 Å². The lowest BCUT2D eigenvalue weighted by molar-refractivity contribution is 0.160. The Morgan fingerprint density at radius 3 is 2.58 bits per heavy atom. The van der Waals surface area contributed by atoms with Crippen LogP contribution in [-0.4, -0.2) is 49.1 Å². The Morgan fingerprint density at radius 2 is 1.84 bits per heavy atom. The number of carbonyl (C=O) groups is 1. The van der Waals surface area contributed by atoms with E-state index in [1.807, 2.05) is 24.3 Å². The van der Waals surface area contributed by atoms with Crippen molar-refractivity contribution in [1.29, 1.82) is 0 Å². The van der Waals surface area contributed by atoms with E-state index in [4.69, 9.17) is 14.5 Å². The molecular formula is C29H38N6O3. The van der Waals surface area contributed by atoms with Crippen LogP contribution in [0.25, 0.3) is 0 Å². The molecular weight excluding hydrogens is 480 g/mol. The number of ether oxygens (including phenoxy) is 2. The van der Waals surface area contributed by atoms with Gasteiger partial charge < -0.3 is 14.4 Å². The summed E-state index contributed by atoms with van der Waals surface area (Å²) in [5.41, 5.74) is 5.86. The lowest BCUT2D eigenvalue weighted by Crippen LogP contribution is -2.26. The molecule has 0 radical (unpaired) electrons. The molecule has 38 heavy (non-hydrogen) atoms. The molecule has 1 heterocycles. The summed E-state index contributed by atoms with van der Waals surface area (Å²) in [4.78, 5) is 23.9. The lowest BCUT2D eigenvalue weighted by Gasteiger charge is -2.23. The van der Waals surface area contributed by atoms with Gasteiger partial charge >= 0.3 is 6.09 Å². The number of amides is 1. The summed E-state index contributed by atoms with van der Waals surface area (Å²) in [5, 5.41) is 7.10. The molecule has 0 unspecified atom stereocenters. The number of methoxy groups -OCH3 is 1. The van der Waals surface area contributed by atoms with Crippen LogP contribution in [0, 0.1) is 6.92 Å². The van der Waals surface area contributed by atoms with Crippen LogP contribution in [0.2, 0.25) is 0 Å². The van der Waals surface area contributed by atoms with Crippen molar-refractivity contribution in [2.45, 2.75) is 46.5 Å². The summed E-state index contributed by atoms with van der Waals surface area (Å²) in [6.07, 6.45) is 4.44. The molecule has 1 amide bonds. The number of carbonyl (C=O) groups excluding carboxylic acids is 1. The number of nitrogens with one attached hydrogen (secondary N) is 2. The number of anilines is 3. The van der Waals surface area contributed by atoms with Crippen LogP contribution in [0.4, 0.5) is 22.1 Å². The second-order valence-corrected chi connectivity index (χ2v) is 8.90. The van der Waals surface area contributed by atoms with Gasteiger partial charge in [0, 0.05) is 37.3 Å². The first-order chi connectivity index (χ1) is 18.5. The summed E-state index contributed by atoms with van der Waals surface area (Å²) in [6, 6.07) is 17.2. The SMILES string of the molecule is CCCN(CCC)c1cc(N/N=C/c2cccc(C)c2)nc(CCCOC(=O)Nc2cccc(OC)c2)n1. The average Bonchev–Trinajstić information content (AvgIpc) is 2.91. The van der Waals surface area contributed by atoms with Crippen molar-refractivity contribution in [3.8, 4) is 5.75 Å². The molecule has 9 heteroatoms. The van der Waals surface area contributed by atoms with Crippen molar-refractivity contribution in [3.05, 3.63) is 71.5 Å². The molecule has 2 N–H and O–H groups in total. The molecule has 0 bridgehead atoms. The van der Waals surface area contributed by atoms with Gasteiger partial charge in [-0.2, -0.15) is 5.10 Å². The highest BCUT2D eigenvalue weighted by molar-refractivity contribution is 5.84. The summed E-state index contributed by atoms with van der Waals surface area (Å²) in [5.74, 6) is 2.82. The number of aryl methyl sites for hydroxylation is 2. The lowest BCUT2D eigenvalue weighted by atomic mass is 10.2. The third-order valence-corrected chi connectivity index (χ3v) is 5.60. The van der Waals surface area contributed by atoms with Gasteiger partial charge in [0.05, 0.1) is 19.9 Å². The van der Waals surface area contributed by atoms with Crippen LogP contribution < -0.4 is 20.4 Å². The maximum absolute atomic E-state index is 12.2. The van der Waals surface area contributed by atoms with Crippen molar-refractivity contribution >= 4 is 29.6 Å². The average molecular weight is 519 g/mol. The summed E-state index contributed by atoms with van der Waals surface area (Å²) < 4.78 is 10.5. The van der Waals surface area contributed by atoms with Crippen LogP contribution in [-0.2, 0) is 11.2 Å². The second kappa shape index (κ2) is 15.2. The fraction of sp³-hybridized carbons (Fsp3) is 0.379. The zero-order chi connectivity index (χ0) is 27.2. The Kier molecular flexibility index (Phi) is 11.4. The Hall–Kier alpha value is -4.14. The van der Waals surface area contributed by atoms with E-state index in [0.717, 1.165) is 37.3 Å². The highest BCUT2D eigenvalue weighted by Crippen LogP contribution is 2.19. The number of aromatic nitrogens is 2. The number of benzene rings is 2. The molecule has 2 aromatic carbocycles. The van der Waals surface area contributed by atoms with Gasteiger partial charge in [0.15, 0.2) is 5.82 Å². The maximum Gasteiger partial charge on any atom is 0.411 e. The Balaban J connectivity index is 1.63. The predicted octanol–water partition coefficient (Wildman–Crippen LogP) is 6.05. The van der Waals surface area contributed by atoms with Gasteiger partial charge in [-0.1, -0.05) is 49.7 Å². The topological polar surface area (TPSA) is 101 Å². The van der Waals surface area contributed by atoms with Crippen molar-refractivity contribution < 1.29 is 14.3 Å². The number of rotatable bonds is 14. The number of nitrogens with zero attached hydrogens (tertiary/aromatic N) is 4. The molecule has 3 rings (SSSR count). The van der Waals surface area contributed by atoms with Gasteiger partial charge in [0.2, 0.25) is 0 Å². The van der Waals surface area contributed by atoms with Gasteiger partial charge in [-0.3, -0.25) is 10.7 Å². The third-order valence-electron chi connectivity index (χ3n) is 5.60. The van der Waals surface area contributed by atoms with Gasteiger partial charge in [-0.05, 0) is 43.9 Å². The van der Waals surface area contributed by atoms with E-state index in [1.54, 1.807) is 31.5 Å². The molecule has 0 aliphatic carbocycles. The molecule has 0 fully saturated rings. The van der Waals surface area contributed by atoms with Crippen LogP contribution in [0.1, 0.15) is 50.1 Å². The van der Waals surface area contributed by atoms with Crippen molar-refractivity contribution in [3.63, 3.8) is 0 Å². The maximum atomic E-state index is 12.2. The summed E-state index contributed by atoms with van der Waals surface area (Å²) in [6.45, 7) is 8.42. The van der Waals surface area contributed by atoms with Crippen LogP contribution in [0.5, 0.6) is 5.75 Å². The number of hydrogen-bond donors (Lipinski definition) is 2. The first-order valence-corrected chi connectivity index (χ1v) is 13.1. The minimum atomic E-state index is -0.516. The zero-order valence-electron chi connectivity index (χ0n) is 22.7. The Bertz CT molecular complexity index is 1190. The molecule has 3 aromatic rings. The highest BCUT2D eigenvalue weighted by Gasteiger charge is 2.12. The van der Waals surface area contributed by atoms with Crippen LogP contribution >= 0.6 is 0 Å². The highest BCUT2D eigenvalue weighted by atomic mass is 16.5. The van der Waals surface area contributed by atoms with Crippen molar-refractivity contribution in [2.24, 2.45) is 5.10 Å². The number of hydrogen-bond acceptors (Lipinski definition) is 8. The van der Waals surface area contributed by atoms with E-state index in [1.165, 1.54) is 5.56 Å². The van der Waals surface area contributed by atoms with E-state index >= 15 is 0 Å². The van der Waals surface area contributed by atoms with Crippen LogP contribution in [0.3, 0.4) is 0 Å². The zero-order valence-corrected chi connectivity index (χ0v) is 22.7. The molecule has 0 aliphatic heterocycles. The fourth-order valence-electron chi connectivity index (χ4n) is 3.87. The molecule has 1 aromatic heterocycles. The smallest absolute Gasteiger partial charge is 0.411 e. The standard InChI is InChI=1S/C29H38N6O3/c1-5-15-35(16-6-2)28-20-27(34-30-21-23-11-7-10-22(3)18-23)32-26(33-28)14-9-17-38-29(36)31-24-12-8-13-25(19-24)37-4/h7-8,10-13,18-21H,5-6,9,14-17H2,1-4H3,(H,31,36)(H,32,33,34)/b30-21+. The molecule has 0 aliphatic rings. The number of hydrazone groups is 1. The third kappa shape index (κ3) is 9.38. The summed E-state index contributed by atoms with van der Waals surface area (Å²) >= 11 is 0. The fourth-order valence-corrected chi connectivity index (χ4v) is 3.87. The van der Waals surface area contributed by atoms with E-state index in [-0.39, 0.29) is 6.61 Å².